The van der Waals surface area contributed by atoms with Crippen molar-refractivity contribution >= 4 is 21.6 Å². The molecule has 1 fully saturated rings. The molecule has 19 heavy (non-hydrogen) atoms. The van der Waals surface area contributed by atoms with Crippen LogP contribution in [0.4, 0.5) is 10.1 Å². The van der Waals surface area contributed by atoms with E-state index in [1.807, 2.05) is 11.0 Å². The van der Waals surface area contributed by atoms with E-state index in [1.165, 1.54) is 0 Å². The van der Waals surface area contributed by atoms with Crippen LogP contribution in [0, 0.1) is 17.1 Å². The topological polar surface area (TPSA) is 30.3 Å². The van der Waals surface area contributed by atoms with Gasteiger partial charge in [-0.2, -0.15) is 5.26 Å². The Hall–Kier alpha value is -1.12. The first-order chi connectivity index (χ1) is 9.04. The van der Waals surface area contributed by atoms with Gasteiger partial charge >= 0.3 is 0 Å². The van der Waals surface area contributed by atoms with Crippen molar-refractivity contribution in [3.63, 3.8) is 0 Å². The molecule has 0 amide bonds. The lowest BCUT2D eigenvalue weighted by Crippen LogP contribution is -2.49. The highest BCUT2D eigenvalue weighted by molar-refractivity contribution is 9.10. The SMILES string of the molecule is CC(C)N1CCN(c2ccc(C#N)c(Br)c2F)CC1. The first kappa shape index (κ1) is 14.3. The van der Waals surface area contributed by atoms with E-state index >= 15 is 0 Å². The van der Waals surface area contributed by atoms with E-state index in [1.54, 1.807) is 12.1 Å². The number of halogens is 2. The average Bonchev–Trinajstić information content (AvgIpc) is 2.42. The fourth-order valence-electron chi connectivity index (χ4n) is 2.35. The number of nitriles is 1. The zero-order valence-corrected chi connectivity index (χ0v) is 12.7. The first-order valence-electron chi connectivity index (χ1n) is 6.41. The zero-order chi connectivity index (χ0) is 14.0. The Balaban J connectivity index is 2.17. The van der Waals surface area contributed by atoms with E-state index in [4.69, 9.17) is 5.26 Å². The molecule has 0 bridgehead atoms. The van der Waals surface area contributed by atoms with Crippen LogP contribution in [0.3, 0.4) is 0 Å². The van der Waals surface area contributed by atoms with Gasteiger partial charge in [-0.05, 0) is 41.9 Å². The molecular formula is C14H17BrFN3. The summed E-state index contributed by atoms with van der Waals surface area (Å²) in [6.07, 6.45) is 0. The van der Waals surface area contributed by atoms with Crippen LogP contribution in [0.5, 0.6) is 0 Å². The molecule has 1 heterocycles. The van der Waals surface area contributed by atoms with Gasteiger partial charge in [-0.15, -0.1) is 0 Å². The third-order valence-corrected chi connectivity index (χ3v) is 4.34. The molecule has 1 aromatic rings. The van der Waals surface area contributed by atoms with Crippen LogP contribution < -0.4 is 4.90 Å². The molecule has 1 aromatic carbocycles. The molecule has 1 aliphatic heterocycles. The third-order valence-electron chi connectivity index (χ3n) is 3.57. The second-order valence-corrected chi connectivity index (χ2v) is 5.78. The highest BCUT2D eigenvalue weighted by Crippen LogP contribution is 2.29. The van der Waals surface area contributed by atoms with Crippen molar-refractivity contribution in [2.45, 2.75) is 19.9 Å². The van der Waals surface area contributed by atoms with Gasteiger partial charge in [0.1, 0.15) is 6.07 Å². The summed E-state index contributed by atoms with van der Waals surface area (Å²) in [4.78, 5) is 4.42. The summed E-state index contributed by atoms with van der Waals surface area (Å²) in [6.45, 7) is 7.85. The summed E-state index contributed by atoms with van der Waals surface area (Å²) < 4.78 is 14.5. The number of anilines is 1. The predicted octanol–water partition coefficient (Wildman–Crippen LogP) is 2.99. The van der Waals surface area contributed by atoms with Gasteiger partial charge in [0.05, 0.1) is 15.7 Å². The molecule has 1 aliphatic rings. The highest BCUT2D eigenvalue weighted by Gasteiger charge is 2.22. The van der Waals surface area contributed by atoms with Crippen molar-refractivity contribution in [3.8, 4) is 6.07 Å². The van der Waals surface area contributed by atoms with Gasteiger partial charge in [0.15, 0.2) is 5.82 Å². The number of rotatable bonds is 2. The van der Waals surface area contributed by atoms with Crippen molar-refractivity contribution in [1.82, 2.24) is 4.90 Å². The fraction of sp³-hybridized carbons (Fsp3) is 0.500. The van der Waals surface area contributed by atoms with Gasteiger partial charge < -0.3 is 4.90 Å². The molecule has 0 spiro atoms. The second-order valence-electron chi connectivity index (χ2n) is 4.99. The minimum Gasteiger partial charge on any atom is -0.367 e. The fourth-order valence-corrected chi connectivity index (χ4v) is 2.77. The molecule has 1 saturated heterocycles. The van der Waals surface area contributed by atoms with E-state index in [2.05, 4.69) is 34.7 Å². The lowest BCUT2D eigenvalue weighted by molar-refractivity contribution is 0.209. The Labute approximate surface area is 121 Å². The maximum absolute atomic E-state index is 14.2. The molecule has 0 aromatic heterocycles. The Morgan fingerprint density at radius 3 is 2.42 bits per heavy atom. The van der Waals surface area contributed by atoms with E-state index in [0.717, 1.165) is 26.2 Å². The van der Waals surface area contributed by atoms with Gasteiger partial charge in [0, 0.05) is 32.2 Å². The van der Waals surface area contributed by atoms with Crippen molar-refractivity contribution in [2.24, 2.45) is 0 Å². The van der Waals surface area contributed by atoms with Crippen LogP contribution in [0.2, 0.25) is 0 Å². The number of nitrogens with zero attached hydrogens (tertiary/aromatic N) is 3. The highest BCUT2D eigenvalue weighted by atomic mass is 79.9. The molecule has 102 valence electrons. The predicted molar refractivity (Wildman–Crippen MR) is 77.7 cm³/mol. The summed E-state index contributed by atoms with van der Waals surface area (Å²) in [5, 5.41) is 8.87. The lowest BCUT2D eigenvalue weighted by atomic mass is 10.1. The Bertz CT molecular complexity index is 502. The Kier molecular flexibility index (Phi) is 4.43. The van der Waals surface area contributed by atoms with Gasteiger partial charge in [-0.25, -0.2) is 4.39 Å². The maximum Gasteiger partial charge on any atom is 0.161 e. The van der Waals surface area contributed by atoms with E-state index in [-0.39, 0.29) is 10.3 Å². The largest absolute Gasteiger partial charge is 0.367 e. The smallest absolute Gasteiger partial charge is 0.161 e. The van der Waals surface area contributed by atoms with Gasteiger partial charge in [-0.1, -0.05) is 0 Å². The van der Waals surface area contributed by atoms with Crippen molar-refractivity contribution in [2.75, 3.05) is 31.1 Å². The summed E-state index contributed by atoms with van der Waals surface area (Å²) in [7, 11) is 0. The molecule has 0 unspecified atom stereocenters. The second kappa shape index (κ2) is 5.89. The molecule has 2 rings (SSSR count). The molecule has 0 atom stereocenters. The third kappa shape index (κ3) is 2.90. The normalized spacial score (nSPS) is 16.7. The lowest BCUT2D eigenvalue weighted by Gasteiger charge is -2.38. The standard InChI is InChI=1S/C14H17BrFN3/c1-10(2)18-5-7-19(8-6-18)12-4-3-11(9-17)13(15)14(12)16/h3-4,10H,5-8H2,1-2H3. The van der Waals surface area contributed by atoms with Crippen LogP contribution in [0.15, 0.2) is 16.6 Å². The first-order valence-corrected chi connectivity index (χ1v) is 7.21. The zero-order valence-electron chi connectivity index (χ0n) is 11.2. The Morgan fingerprint density at radius 1 is 1.26 bits per heavy atom. The van der Waals surface area contributed by atoms with Crippen LogP contribution in [-0.4, -0.2) is 37.1 Å². The summed E-state index contributed by atoms with van der Waals surface area (Å²) >= 11 is 3.16. The van der Waals surface area contributed by atoms with Gasteiger partial charge in [0.2, 0.25) is 0 Å². The molecule has 0 aliphatic carbocycles. The van der Waals surface area contributed by atoms with Crippen LogP contribution in [0.1, 0.15) is 19.4 Å². The monoisotopic (exact) mass is 325 g/mol. The van der Waals surface area contributed by atoms with Crippen LogP contribution in [0.25, 0.3) is 0 Å². The average molecular weight is 326 g/mol. The van der Waals surface area contributed by atoms with E-state index in [9.17, 15) is 4.39 Å². The number of benzene rings is 1. The molecule has 5 heteroatoms. The van der Waals surface area contributed by atoms with Crippen LogP contribution >= 0.6 is 15.9 Å². The minimum absolute atomic E-state index is 0.263. The maximum atomic E-state index is 14.2. The molecule has 3 nitrogen and oxygen atoms in total. The number of piperazine rings is 1. The minimum atomic E-state index is -0.336. The molecule has 0 N–H and O–H groups in total. The van der Waals surface area contributed by atoms with Crippen LogP contribution in [-0.2, 0) is 0 Å². The number of hydrogen-bond acceptors (Lipinski definition) is 3. The Morgan fingerprint density at radius 2 is 1.89 bits per heavy atom. The molecule has 0 saturated carbocycles. The van der Waals surface area contributed by atoms with E-state index in [0.29, 0.717) is 17.3 Å². The van der Waals surface area contributed by atoms with Gasteiger partial charge in [-0.3, -0.25) is 4.90 Å². The summed E-state index contributed by atoms with van der Waals surface area (Å²) in [5.74, 6) is -0.336. The summed E-state index contributed by atoms with van der Waals surface area (Å²) in [6, 6.07) is 5.86. The van der Waals surface area contributed by atoms with Crippen molar-refractivity contribution in [1.29, 1.82) is 5.26 Å². The number of hydrogen-bond donors (Lipinski definition) is 0. The molecule has 0 radical (unpaired) electrons. The van der Waals surface area contributed by atoms with E-state index < -0.39 is 0 Å². The van der Waals surface area contributed by atoms with Gasteiger partial charge in [0.25, 0.3) is 0 Å². The quantitative estimate of drug-likeness (QED) is 0.837. The van der Waals surface area contributed by atoms with Crippen molar-refractivity contribution < 1.29 is 4.39 Å². The summed E-state index contributed by atoms with van der Waals surface area (Å²) in [5.41, 5.74) is 0.913. The molecular weight excluding hydrogens is 309 g/mol. The van der Waals surface area contributed by atoms with Crippen molar-refractivity contribution in [3.05, 3.63) is 28.0 Å².